The van der Waals surface area contributed by atoms with Crippen molar-refractivity contribution in [2.45, 2.75) is 33.6 Å². The fourth-order valence-electron chi connectivity index (χ4n) is 4.51. The molecular formula is C18H22O4S. The van der Waals surface area contributed by atoms with Gasteiger partial charge < -0.3 is 0 Å². The second-order valence-electron chi connectivity index (χ2n) is 7.41. The predicted molar refractivity (Wildman–Crippen MR) is 89.5 cm³/mol. The highest BCUT2D eigenvalue weighted by molar-refractivity contribution is 7.85. The zero-order chi connectivity index (χ0) is 17.0. The molecule has 0 amide bonds. The minimum atomic E-state index is -4.21. The third-order valence-corrected chi connectivity index (χ3v) is 6.82. The third kappa shape index (κ3) is 2.37. The van der Waals surface area contributed by atoms with E-state index in [0.717, 1.165) is 17.5 Å². The van der Waals surface area contributed by atoms with E-state index in [1.54, 1.807) is 0 Å². The Balaban J connectivity index is 2.11. The lowest BCUT2D eigenvalue weighted by molar-refractivity contribution is -0.125. The monoisotopic (exact) mass is 334 g/mol. The van der Waals surface area contributed by atoms with E-state index >= 15 is 0 Å². The van der Waals surface area contributed by atoms with E-state index in [2.05, 4.69) is 0 Å². The smallest absolute Gasteiger partial charge is 0.265 e. The Hall–Kier alpha value is -1.46. The molecule has 2 saturated carbocycles. The number of allylic oxidation sites excluding steroid dienone is 1. The van der Waals surface area contributed by atoms with E-state index in [1.165, 1.54) is 0 Å². The zero-order valence-electron chi connectivity index (χ0n) is 13.7. The van der Waals surface area contributed by atoms with Crippen LogP contribution in [-0.4, -0.2) is 24.5 Å². The van der Waals surface area contributed by atoms with Gasteiger partial charge in [0.25, 0.3) is 10.1 Å². The number of carbonyl (C=O) groups excluding carboxylic acids is 1. The molecule has 0 aromatic heterocycles. The molecule has 1 aromatic rings. The summed E-state index contributed by atoms with van der Waals surface area (Å²) in [6.45, 7) is 5.89. The summed E-state index contributed by atoms with van der Waals surface area (Å²) < 4.78 is 32.4. The van der Waals surface area contributed by atoms with Gasteiger partial charge in [0.2, 0.25) is 0 Å². The van der Waals surface area contributed by atoms with Crippen LogP contribution < -0.4 is 0 Å². The Kier molecular flexibility index (Phi) is 3.58. The van der Waals surface area contributed by atoms with Crippen LogP contribution in [0.1, 0.15) is 37.8 Å². The van der Waals surface area contributed by atoms with E-state index in [4.69, 9.17) is 0 Å². The average molecular weight is 334 g/mol. The first-order valence-electron chi connectivity index (χ1n) is 7.86. The molecule has 3 rings (SSSR count). The Morgan fingerprint density at radius 2 is 1.96 bits per heavy atom. The van der Waals surface area contributed by atoms with Gasteiger partial charge in [-0.2, -0.15) is 8.42 Å². The molecule has 2 fully saturated rings. The van der Waals surface area contributed by atoms with Crippen LogP contribution in [-0.2, 0) is 14.9 Å². The van der Waals surface area contributed by atoms with Crippen LogP contribution in [0.4, 0.5) is 0 Å². The third-order valence-electron chi connectivity index (χ3n) is 5.96. The normalized spacial score (nSPS) is 31.0. The van der Waals surface area contributed by atoms with Crippen molar-refractivity contribution in [1.29, 1.82) is 0 Å². The Bertz CT molecular complexity index is 804. The molecule has 0 heterocycles. The highest BCUT2D eigenvalue weighted by Crippen LogP contribution is 2.66. The summed E-state index contributed by atoms with van der Waals surface area (Å²) in [5, 5.41) is 0. The molecule has 0 radical (unpaired) electrons. The number of hydrogen-bond acceptors (Lipinski definition) is 3. The number of benzene rings is 1. The first-order chi connectivity index (χ1) is 10.6. The summed E-state index contributed by atoms with van der Waals surface area (Å²) >= 11 is 0. The van der Waals surface area contributed by atoms with Crippen molar-refractivity contribution in [2.75, 3.05) is 5.75 Å². The SMILES string of the molecule is Cc1ccccc1C=C1C(=O)C2(CS(=O)(=O)O)CCC1C2(C)C. The van der Waals surface area contributed by atoms with Crippen molar-refractivity contribution >= 4 is 22.0 Å². The molecule has 0 spiro atoms. The van der Waals surface area contributed by atoms with Gasteiger partial charge in [-0.15, -0.1) is 0 Å². The maximum absolute atomic E-state index is 13.1. The lowest BCUT2D eigenvalue weighted by Crippen LogP contribution is -2.42. The number of Topliss-reactive ketones (excluding diaryl/α,β-unsaturated/α-hetero) is 1. The first-order valence-corrected chi connectivity index (χ1v) is 9.47. The molecule has 2 bridgehead atoms. The fraction of sp³-hybridized carbons (Fsp3) is 0.500. The van der Waals surface area contributed by atoms with Gasteiger partial charge in [-0.3, -0.25) is 9.35 Å². The highest BCUT2D eigenvalue weighted by atomic mass is 32.2. The van der Waals surface area contributed by atoms with Crippen molar-refractivity contribution in [2.24, 2.45) is 16.7 Å². The fourth-order valence-corrected chi connectivity index (χ4v) is 5.78. The molecular weight excluding hydrogens is 312 g/mol. The van der Waals surface area contributed by atoms with Crippen LogP contribution in [0.3, 0.4) is 0 Å². The van der Waals surface area contributed by atoms with Crippen LogP contribution in [0.15, 0.2) is 29.8 Å². The molecule has 2 aliphatic carbocycles. The Morgan fingerprint density at radius 3 is 2.57 bits per heavy atom. The largest absolute Gasteiger partial charge is 0.294 e. The van der Waals surface area contributed by atoms with Gasteiger partial charge in [0.1, 0.15) is 0 Å². The molecule has 5 heteroatoms. The van der Waals surface area contributed by atoms with Gasteiger partial charge in [-0.05, 0) is 48.3 Å². The van der Waals surface area contributed by atoms with E-state index in [-0.39, 0.29) is 11.7 Å². The molecule has 2 atom stereocenters. The van der Waals surface area contributed by atoms with Gasteiger partial charge >= 0.3 is 0 Å². The van der Waals surface area contributed by atoms with Crippen molar-refractivity contribution in [3.05, 3.63) is 41.0 Å². The predicted octanol–water partition coefficient (Wildman–Crippen LogP) is 3.27. The molecule has 23 heavy (non-hydrogen) atoms. The minimum absolute atomic E-state index is 0.0383. The summed E-state index contributed by atoms with van der Waals surface area (Å²) in [6.07, 6.45) is 3.22. The topological polar surface area (TPSA) is 71.4 Å². The van der Waals surface area contributed by atoms with E-state index in [0.29, 0.717) is 12.0 Å². The Morgan fingerprint density at radius 1 is 1.30 bits per heavy atom. The first kappa shape index (κ1) is 16.4. The lowest BCUT2D eigenvalue weighted by atomic mass is 9.70. The van der Waals surface area contributed by atoms with E-state index in [9.17, 15) is 17.8 Å². The van der Waals surface area contributed by atoms with E-state index < -0.39 is 26.7 Å². The number of ketones is 1. The van der Waals surface area contributed by atoms with Crippen LogP contribution >= 0.6 is 0 Å². The lowest BCUT2D eigenvalue weighted by Gasteiger charge is -2.34. The van der Waals surface area contributed by atoms with Crippen molar-refractivity contribution in [1.82, 2.24) is 0 Å². The summed E-state index contributed by atoms with van der Waals surface area (Å²) in [5.41, 5.74) is 1.31. The van der Waals surface area contributed by atoms with Crippen LogP contribution in [0.25, 0.3) is 6.08 Å². The summed E-state index contributed by atoms with van der Waals surface area (Å²) in [6, 6.07) is 7.83. The molecule has 1 N–H and O–H groups in total. The van der Waals surface area contributed by atoms with Crippen LogP contribution in [0, 0.1) is 23.7 Å². The number of hydrogen-bond donors (Lipinski definition) is 1. The zero-order valence-corrected chi connectivity index (χ0v) is 14.5. The molecule has 2 unspecified atom stereocenters. The number of carbonyl (C=O) groups is 1. The number of aryl methyl sites for hydroxylation is 1. The second kappa shape index (κ2) is 5.02. The van der Waals surface area contributed by atoms with Crippen LogP contribution in [0.5, 0.6) is 0 Å². The van der Waals surface area contributed by atoms with E-state index in [1.807, 2.05) is 51.1 Å². The maximum atomic E-state index is 13.1. The Labute approximate surface area is 137 Å². The highest BCUT2D eigenvalue weighted by Gasteiger charge is 2.67. The van der Waals surface area contributed by atoms with Crippen molar-refractivity contribution in [3.8, 4) is 0 Å². The summed E-state index contributed by atoms with van der Waals surface area (Å²) in [7, 11) is -4.21. The van der Waals surface area contributed by atoms with Gasteiger partial charge in [0.05, 0.1) is 11.2 Å². The number of fused-ring (bicyclic) bond motifs is 2. The van der Waals surface area contributed by atoms with Gasteiger partial charge in [0, 0.05) is 5.57 Å². The molecule has 0 saturated heterocycles. The molecule has 124 valence electrons. The molecule has 1 aromatic carbocycles. The molecule has 0 aliphatic heterocycles. The van der Waals surface area contributed by atoms with Gasteiger partial charge in [-0.1, -0.05) is 38.1 Å². The maximum Gasteiger partial charge on any atom is 0.265 e. The summed E-state index contributed by atoms with van der Waals surface area (Å²) in [5.74, 6) is -0.552. The van der Waals surface area contributed by atoms with Crippen LogP contribution in [0.2, 0.25) is 0 Å². The molecule has 4 nitrogen and oxygen atoms in total. The quantitative estimate of drug-likeness (QED) is 0.680. The minimum Gasteiger partial charge on any atom is -0.294 e. The number of rotatable bonds is 3. The second-order valence-corrected chi connectivity index (χ2v) is 8.86. The standard InChI is InChI=1S/C18H22O4S/c1-12-6-4-5-7-13(12)10-14-15-8-9-18(16(14)19,17(15,2)3)11-23(20,21)22/h4-7,10,15H,8-9,11H2,1-3H3,(H,20,21,22). The van der Waals surface area contributed by atoms with Crippen molar-refractivity contribution < 1.29 is 17.8 Å². The molecule has 2 aliphatic rings. The van der Waals surface area contributed by atoms with Gasteiger partial charge in [0.15, 0.2) is 5.78 Å². The average Bonchev–Trinajstić information content (AvgIpc) is 2.74. The van der Waals surface area contributed by atoms with Crippen molar-refractivity contribution in [3.63, 3.8) is 0 Å². The summed E-state index contributed by atoms with van der Waals surface area (Å²) in [4.78, 5) is 13.1. The van der Waals surface area contributed by atoms with Gasteiger partial charge in [-0.25, -0.2) is 0 Å².